The van der Waals surface area contributed by atoms with Crippen molar-refractivity contribution in [3.63, 3.8) is 0 Å². The van der Waals surface area contributed by atoms with E-state index in [2.05, 4.69) is 28.5 Å². The summed E-state index contributed by atoms with van der Waals surface area (Å²) in [6.07, 6.45) is 1.21. The van der Waals surface area contributed by atoms with Crippen molar-refractivity contribution in [2.24, 2.45) is 0 Å². The van der Waals surface area contributed by atoms with Crippen molar-refractivity contribution in [2.75, 3.05) is 7.11 Å². The fourth-order valence-corrected chi connectivity index (χ4v) is 2.78. The first-order chi connectivity index (χ1) is 11.6. The highest BCUT2D eigenvalue weighted by atomic mass is 16.5. The van der Waals surface area contributed by atoms with Crippen LogP contribution >= 0.6 is 0 Å². The number of carbonyl (C=O) groups is 1. The van der Waals surface area contributed by atoms with Crippen LogP contribution in [0.25, 0.3) is 10.9 Å². The predicted octanol–water partition coefficient (Wildman–Crippen LogP) is 3.73. The molecule has 1 amide bonds. The number of methoxy groups -OCH3 is 1. The van der Waals surface area contributed by atoms with Crippen molar-refractivity contribution in [2.45, 2.75) is 26.3 Å². The first-order valence-corrected chi connectivity index (χ1v) is 8.12. The number of nitrogens with one attached hydrogen (secondary N) is 2. The van der Waals surface area contributed by atoms with E-state index in [-0.39, 0.29) is 5.91 Å². The fraction of sp³-hybridized carbons (Fsp3) is 0.250. The third-order valence-electron chi connectivity index (χ3n) is 4.11. The van der Waals surface area contributed by atoms with E-state index in [9.17, 15) is 4.79 Å². The minimum absolute atomic E-state index is 0.0659. The van der Waals surface area contributed by atoms with E-state index in [1.165, 1.54) is 5.39 Å². The van der Waals surface area contributed by atoms with Crippen LogP contribution < -0.4 is 10.1 Å². The molecular weight excluding hydrogens is 300 g/mol. The molecule has 24 heavy (non-hydrogen) atoms. The summed E-state index contributed by atoms with van der Waals surface area (Å²) in [6, 6.07) is 16.2. The summed E-state index contributed by atoms with van der Waals surface area (Å²) in [4.78, 5) is 15.3. The summed E-state index contributed by atoms with van der Waals surface area (Å²) in [5.74, 6) is 0.898. The van der Waals surface area contributed by atoms with Gasteiger partial charge in [-0.2, -0.15) is 0 Å². The Labute approximate surface area is 141 Å². The maximum atomic E-state index is 12.0. The normalized spacial score (nSPS) is 10.8. The molecule has 0 saturated heterocycles. The number of ether oxygens (including phenoxy) is 1. The highest BCUT2D eigenvalue weighted by molar-refractivity contribution is 5.81. The molecule has 0 aliphatic rings. The predicted molar refractivity (Wildman–Crippen MR) is 96.2 cm³/mol. The Morgan fingerprint density at radius 2 is 1.83 bits per heavy atom. The summed E-state index contributed by atoms with van der Waals surface area (Å²) in [5.41, 5.74) is 4.52. The van der Waals surface area contributed by atoms with E-state index in [4.69, 9.17) is 4.74 Å². The fourth-order valence-electron chi connectivity index (χ4n) is 2.78. The van der Waals surface area contributed by atoms with Crippen molar-refractivity contribution in [3.8, 4) is 5.75 Å². The minimum atomic E-state index is 0.0659. The molecule has 0 unspecified atom stereocenters. The van der Waals surface area contributed by atoms with Crippen LogP contribution in [0.15, 0.2) is 48.5 Å². The van der Waals surface area contributed by atoms with Crippen LogP contribution in [0.2, 0.25) is 0 Å². The van der Waals surface area contributed by atoms with Gasteiger partial charge in [-0.15, -0.1) is 0 Å². The van der Waals surface area contributed by atoms with Gasteiger partial charge in [-0.3, -0.25) is 4.79 Å². The molecule has 1 aromatic heterocycles. The molecule has 0 bridgehead atoms. The number of aromatic nitrogens is 1. The molecule has 0 atom stereocenters. The molecule has 0 aliphatic carbocycles. The summed E-state index contributed by atoms with van der Waals surface area (Å²) in [5, 5.41) is 4.17. The molecule has 124 valence electrons. The van der Waals surface area contributed by atoms with Crippen molar-refractivity contribution >= 4 is 16.8 Å². The van der Waals surface area contributed by atoms with Crippen LogP contribution in [0.5, 0.6) is 5.75 Å². The molecule has 0 spiro atoms. The van der Waals surface area contributed by atoms with Gasteiger partial charge in [0.05, 0.1) is 7.11 Å². The molecule has 3 rings (SSSR count). The third kappa shape index (κ3) is 3.96. The Balaban J connectivity index is 1.50. The molecular formula is C20H22N2O2. The second-order valence-corrected chi connectivity index (χ2v) is 6.00. The second kappa shape index (κ2) is 7.21. The quantitative estimate of drug-likeness (QED) is 0.726. The number of aryl methyl sites for hydroxylation is 2. The summed E-state index contributed by atoms with van der Waals surface area (Å²) in [7, 11) is 1.65. The van der Waals surface area contributed by atoms with Crippen LogP contribution in [-0.4, -0.2) is 18.0 Å². The number of rotatable bonds is 6. The van der Waals surface area contributed by atoms with Crippen LogP contribution in [0.1, 0.15) is 23.2 Å². The van der Waals surface area contributed by atoms with Crippen molar-refractivity contribution in [1.82, 2.24) is 10.3 Å². The van der Waals surface area contributed by atoms with E-state index in [0.29, 0.717) is 13.0 Å². The zero-order valence-electron chi connectivity index (χ0n) is 14.1. The van der Waals surface area contributed by atoms with Gasteiger partial charge in [-0.25, -0.2) is 0 Å². The third-order valence-corrected chi connectivity index (χ3v) is 4.11. The number of H-pyrrole nitrogens is 1. The smallest absolute Gasteiger partial charge is 0.220 e. The van der Waals surface area contributed by atoms with Gasteiger partial charge >= 0.3 is 0 Å². The molecule has 0 saturated carbocycles. The highest BCUT2D eigenvalue weighted by Crippen LogP contribution is 2.17. The number of amides is 1. The number of benzene rings is 2. The molecule has 3 aromatic rings. The molecule has 4 nitrogen and oxygen atoms in total. The highest BCUT2D eigenvalue weighted by Gasteiger charge is 2.04. The van der Waals surface area contributed by atoms with Crippen LogP contribution in [0, 0.1) is 6.92 Å². The van der Waals surface area contributed by atoms with Crippen molar-refractivity contribution in [1.29, 1.82) is 0 Å². The monoisotopic (exact) mass is 322 g/mol. The maximum Gasteiger partial charge on any atom is 0.220 e. The van der Waals surface area contributed by atoms with Crippen molar-refractivity contribution in [3.05, 3.63) is 65.4 Å². The lowest BCUT2D eigenvalue weighted by molar-refractivity contribution is -0.121. The van der Waals surface area contributed by atoms with E-state index in [1.807, 2.05) is 37.3 Å². The zero-order chi connectivity index (χ0) is 16.9. The van der Waals surface area contributed by atoms with E-state index in [0.717, 1.165) is 34.5 Å². The summed E-state index contributed by atoms with van der Waals surface area (Å²) < 4.78 is 5.13. The van der Waals surface area contributed by atoms with E-state index >= 15 is 0 Å². The maximum absolute atomic E-state index is 12.0. The van der Waals surface area contributed by atoms with Crippen molar-refractivity contribution < 1.29 is 9.53 Å². The van der Waals surface area contributed by atoms with E-state index in [1.54, 1.807) is 7.11 Å². The number of hydrogen-bond donors (Lipinski definition) is 2. The molecule has 1 heterocycles. The van der Waals surface area contributed by atoms with Gasteiger partial charge in [-0.1, -0.05) is 18.2 Å². The van der Waals surface area contributed by atoms with Gasteiger partial charge in [-0.05, 0) is 60.2 Å². The zero-order valence-corrected chi connectivity index (χ0v) is 14.1. The number of hydrogen-bond acceptors (Lipinski definition) is 2. The minimum Gasteiger partial charge on any atom is -0.497 e. The first kappa shape index (κ1) is 16.1. The Bertz CT molecular complexity index is 834. The Kier molecular flexibility index (Phi) is 4.85. The summed E-state index contributed by atoms with van der Waals surface area (Å²) in [6.45, 7) is 2.60. The lowest BCUT2D eigenvalue weighted by Gasteiger charge is -2.06. The molecule has 0 aliphatic heterocycles. The standard InChI is InChI=1S/C20H22N2O2/c1-14-11-17-12-16(5-9-19(17)22-14)13-21-20(23)10-6-15-3-7-18(24-2)8-4-15/h3-5,7-9,11-12,22H,6,10,13H2,1-2H3,(H,21,23). The average Bonchev–Trinajstić information content (AvgIpc) is 2.97. The topological polar surface area (TPSA) is 54.1 Å². The number of carbonyl (C=O) groups excluding carboxylic acids is 1. The Morgan fingerprint density at radius 3 is 2.58 bits per heavy atom. The van der Waals surface area contributed by atoms with Gasteiger partial charge in [0.2, 0.25) is 5.91 Å². The largest absolute Gasteiger partial charge is 0.497 e. The van der Waals surface area contributed by atoms with Gasteiger partial charge in [0.1, 0.15) is 5.75 Å². The lowest BCUT2D eigenvalue weighted by Crippen LogP contribution is -2.22. The van der Waals surface area contributed by atoms with Gasteiger partial charge in [0.25, 0.3) is 0 Å². The van der Waals surface area contributed by atoms with Crippen LogP contribution in [-0.2, 0) is 17.8 Å². The van der Waals surface area contributed by atoms with Crippen LogP contribution in [0.3, 0.4) is 0 Å². The first-order valence-electron chi connectivity index (χ1n) is 8.12. The average molecular weight is 322 g/mol. The molecule has 0 radical (unpaired) electrons. The molecule has 2 aromatic carbocycles. The molecule has 4 heteroatoms. The number of aromatic amines is 1. The van der Waals surface area contributed by atoms with E-state index < -0.39 is 0 Å². The second-order valence-electron chi connectivity index (χ2n) is 6.00. The Morgan fingerprint density at radius 1 is 1.08 bits per heavy atom. The SMILES string of the molecule is COc1ccc(CCC(=O)NCc2ccc3[nH]c(C)cc3c2)cc1. The lowest BCUT2D eigenvalue weighted by atomic mass is 10.1. The molecule has 0 fully saturated rings. The molecule has 2 N–H and O–H groups in total. The summed E-state index contributed by atoms with van der Waals surface area (Å²) >= 11 is 0. The van der Waals surface area contributed by atoms with Gasteiger partial charge < -0.3 is 15.0 Å². The van der Waals surface area contributed by atoms with Gasteiger partial charge in [0.15, 0.2) is 0 Å². The number of fused-ring (bicyclic) bond motifs is 1. The Hall–Kier alpha value is -2.75. The van der Waals surface area contributed by atoms with Crippen LogP contribution in [0.4, 0.5) is 0 Å². The van der Waals surface area contributed by atoms with Gasteiger partial charge in [0, 0.05) is 24.2 Å².